The second-order valence-electron chi connectivity index (χ2n) is 6.14. The molecule has 1 atom stereocenters. The maximum Gasteiger partial charge on any atom is 0.227 e. The van der Waals surface area contributed by atoms with Gasteiger partial charge in [-0.1, -0.05) is 0 Å². The number of aryl methyl sites for hydroxylation is 1. The van der Waals surface area contributed by atoms with Crippen LogP contribution >= 0.6 is 0 Å². The maximum atomic E-state index is 5.91. The standard InChI is InChI=1S/C15H24N4O/c1-10-11(2)16-15(18(3)4)17-14(10)19-7-8-20-13(9-19)12-5-6-12/h12-13H,5-9H2,1-4H3/t13-/m0/s1. The van der Waals surface area contributed by atoms with Crippen LogP contribution in [0.2, 0.25) is 0 Å². The number of morpholine rings is 1. The van der Waals surface area contributed by atoms with E-state index in [0.29, 0.717) is 6.10 Å². The van der Waals surface area contributed by atoms with E-state index >= 15 is 0 Å². The lowest BCUT2D eigenvalue weighted by atomic mass is 10.1. The Morgan fingerprint density at radius 3 is 2.60 bits per heavy atom. The lowest BCUT2D eigenvalue weighted by Gasteiger charge is -2.35. The van der Waals surface area contributed by atoms with Crippen molar-refractivity contribution >= 4 is 11.8 Å². The van der Waals surface area contributed by atoms with E-state index in [1.807, 2.05) is 19.0 Å². The average molecular weight is 276 g/mol. The highest BCUT2D eigenvalue weighted by atomic mass is 16.5. The van der Waals surface area contributed by atoms with Crippen LogP contribution in [0.5, 0.6) is 0 Å². The molecule has 0 aromatic carbocycles. The van der Waals surface area contributed by atoms with E-state index in [-0.39, 0.29) is 0 Å². The molecule has 0 amide bonds. The summed E-state index contributed by atoms with van der Waals surface area (Å²) in [5, 5.41) is 0. The smallest absolute Gasteiger partial charge is 0.227 e. The number of ether oxygens (including phenoxy) is 1. The summed E-state index contributed by atoms with van der Waals surface area (Å²) in [5.74, 6) is 2.64. The molecule has 0 bridgehead atoms. The zero-order valence-corrected chi connectivity index (χ0v) is 12.9. The Hall–Kier alpha value is -1.36. The summed E-state index contributed by atoms with van der Waals surface area (Å²) < 4.78 is 5.91. The minimum absolute atomic E-state index is 0.390. The lowest BCUT2D eigenvalue weighted by Crippen LogP contribution is -2.44. The van der Waals surface area contributed by atoms with Crippen LogP contribution in [0.1, 0.15) is 24.1 Å². The minimum Gasteiger partial charge on any atom is -0.374 e. The number of nitrogens with zero attached hydrogens (tertiary/aromatic N) is 4. The van der Waals surface area contributed by atoms with Crippen LogP contribution in [0.4, 0.5) is 11.8 Å². The average Bonchev–Trinajstić information content (AvgIpc) is 3.26. The highest BCUT2D eigenvalue weighted by molar-refractivity contribution is 5.52. The molecule has 1 aliphatic heterocycles. The molecule has 1 saturated heterocycles. The van der Waals surface area contributed by atoms with Crippen molar-refractivity contribution in [2.45, 2.75) is 32.8 Å². The predicted octanol–water partition coefficient (Wildman–Crippen LogP) is 1.77. The van der Waals surface area contributed by atoms with Crippen molar-refractivity contribution in [1.29, 1.82) is 0 Å². The molecule has 2 fully saturated rings. The molecular weight excluding hydrogens is 252 g/mol. The fourth-order valence-electron chi connectivity index (χ4n) is 2.73. The minimum atomic E-state index is 0.390. The summed E-state index contributed by atoms with van der Waals surface area (Å²) in [7, 11) is 3.97. The largest absolute Gasteiger partial charge is 0.374 e. The molecule has 3 rings (SSSR count). The SMILES string of the molecule is Cc1nc(N(C)C)nc(N2CCO[C@H](C3CC3)C2)c1C. The maximum absolute atomic E-state index is 5.91. The van der Waals surface area contributed by atoms with Gasteiger partial charge in [-0.15, -0.1) is 0 Å². The van der Waals surface area contributed by atoms with Crippen LogP contribution in [-0.4, -0.2) is 49.9 Å². The van der Waals surface area contributed by atoms with Gasteiger partial charge in [0.25, 0.3) is 0 Å². The third-order valence-electron chi connectivity index (χ3n) is 4.29. The van der Waals surface area contributed by atoms with E-state index < -0.39 is 0 Å². The molecule has 0 N–H and O–H groups in total. The molecule has 5 nitrogen and oxygen atoms in total. The number of anilines is 2. The molecule has 1 aliphatic carbocycles. The Bertz CT molecular complexity index is 499. The van der Waals surface area contributed by atoms with Gasteiger partial charge in [0, 0.05) is 38.4 Å². The van der Waals surface area contributed by atoms with Crippen LogP contribution in [0.3, 0.4) is 0 Å². The monoisotopic (exact) mass is 276 g/mol. The molecule has 0 spiro atoms. The van der Waals surface area contributed by atoms with Crippen molar-refractivity contribution in [1.82, 2.24) is 9.97 Å². The van der Waals surface area contributed by atoms with E-state index in [1.165, 1.54) is 18.4 Å². The van der Waals surface area contributed by atoms with Crippen molar-refractivity contribution in [3.05, 3.63) is 11.3 Å². The van der Waals surface area contributed by atoms with E-state index in [4.69, 9.17) is 9.72 Å². The summed E-state index contributed by atoms with van der Waals surface area (Å²) >= 11 is 0. The summed E-state index contributed by atoms with van der Waals surface area (Å²) in [5.41, 5.74) is 2.25. The van der Waals surface area contributed by atoms with Gasteiger partial charge in [0.1, 0.15) is 5.82 Å². The van der Waals surface area contributed by atoms with Crippen LogP contribution in [-0.2, 0) is 4.74 Å². The summed E-state index contributed by atoms with van der Waals surface area (Å²) in [6, 6.07) is 0. The normalized spacial score (nSPS) is 23.0. The lowest BCUT2D eigenvalue weighted by molar-refractivity contribution is 0.0261. The first-order chi connectivity index (χ1) is 9.56. The topological polar surface area (TPSA) is 41.5 Å². The van der Waals surface area contributed by atoms with Crippen molar-refractivity contribution in [3.8, 4) is 0 Å². The molecular formula is C15H24N4O. The molecule has 0 radical (unpaired) electrons. The zero-order chi connectivity index (χ0) is 14.3. The van der Waals surface area contributed by atoms with Crippen LogP contribution < -0.4 is 9.80 Å². The third kappa shape index (κ3) is 2.59. The van der Waals surface area contributed by atoms with Gasteiger partial charge in [0.05, 0.1) is 12.7 Å². The van der Waals surface area contributed by atoms with Gasteiger partial charge < -0.3 is 14.5 Å². The number of hydrogen-bond donors (Lipinski definition) is 0. The van der Waals surface area contributed by atoms with Crippen molar-refractivity contribution < 1.29 is 4.74 Å². The number of rotatable bonds is 3. The first kappa shape index (κ1) is 13.6. The van der Waals surface area contributed by atoms with Gasteiger partial charge in [-0.25, -0.2) is 4.98 Å². The van der Waals surface area contributed by atoms with Gasteiger partial charge in [-0.05, 0) is 32.6 Å². The molecule has 0 unspecified atom stereocenters. The molecule has 1 aromatic heterocycles. The first-order valence-corrected chi connectivity index (χ1v) is 7.45. The molecule has 20 heavy (non-hydrogen) atoms. The second-order valence-corrected chi connectivity index (χ2v) is 6.14. The molecule has 2 aliphatic rings. The number of aromatic nitrogens is 2. The van der Waals surface area contributed by atoms with Crippen molar-refractivity contribution in [2.24, 2.45) is 5.92 Å². The zero-order valence-electron chi connectivity index (χ0n) is 12.9. The highest BCUT2D eigenvalue weighted by Crippen LogP contribution is 2.36. The number of hydrogen-bond acceptors (Lipinski definition) is 5. The Labute approximate surface area is 121 Å². The Morgan fingerprint density at radius 2 is 1.95 bits per heavy atom. The van der Waals surface area contributed by atoms with Crippen LogP contribution in [0.15, 0.2) is 0 Å². The fraction of sp³-hybridized carbons (Fsp3) is 0.733. The summed E-state index contributed by atoms with van der Waals surface area (Å²) in [4.78, 5) is 13.7. The predicted molar refractivity (Wildman–Crippen MR) is 80.5 cm³/mol. The quantitative estimate of drug-likeness (QED) is 0.841. The Kier molecular flexibility index (Phi) is 3.54. The van der Waals surface area contributed by atoms with Crippen molar-refractivity contribution in [3.63, 3.8) is 0 Å². The van der Waals surface area contributed by atoms with Crippen molar-refractivity contribution in [2.75, 3.05) is 43.6 Å². The van der Waals surface area contributed by atoms with Gasteiger partial charge in [0.2, 0.25) is 5.95 Å². The molecule has 1 saturated carbocycles. The molecule has 1 aromatic rings. The van der Waals surface area contributed by atoms with E-state index in [1.54, 1.807) is 0 Å². The summed E-state index contributed by atoms with van der Waals surface area (Å²) in [6.45, 7) is 6.88. The third-order valence-corrected chi connectivity index (χ3v) is 4.29. The van der Waals surface area contributed by atoms with E-state index in [9.17, 15) is 0 Å². The Balaban J connectivity index is 1.87. The molecule has 2 heterocycles. The molecule has 110 valence electrons. The second kappa shape index (κ2) is 5.20. The highest BCUT2D eigenvalue weighted by Gasteiger charge is 2.36. The van der Waals surface area contributed by atoms with Gasteiger partial charge in [-0.2, -0.15) is 4.98 Å². The fourth-order valence-corrected chi connectivity index (χ4v) is 2.73. The van der Waals surface area contributed by atoms with Crippen LogP contribution in [0, 0.1) is 19.8 Å². The van der Waals surface area contributed by atoms with E-state index in [0.717, 1.165) is 43.1 Å². The summed E-state index contributed by atoms with van der Waals surface area (Å²) in [6.07, 6.45) is 3.04. The van der Waals surface area contributed by atoms with Crippen LogP contribution in [0.25, 0.3) is 0 Å². The Morgan fingerprint density at radius 1 is 1.20 bits per heavy atom. The van der Waals surface area contributed by atoms with Gasteiger partial charge >= 0.3 is 0 Å². The van der Waals surface area contributed by atoms with Gasteiger partial charge in [0.15, 0.2) is 0 Å². The molecule has 5 heteroatoms. The first-order valence-electron chi connectivity index (χ1n) is 7.45. The van der Waals surface area contributed by atoms with Gasteiger partial charge in [-0.3, -0.25) is 0 Å². The van der Waals surface area contributed by atoms with E-state index in [2.05, 4.69) is 23.7 Å².